The molecule has 1 amide bonds. The lowest BCUT2D eigenvalue weighted by Crippen LogP contribution is -2.37. The lowest BCUT2D eigenvalue weighted by Gasteiger charge is -2.35. The summed E-state index contributed by atoms with van der Waals surface area (Å²) in [5.41, 5.74) is 6.45. The molecule has 2 aliphatic rings. The lowest BCUT2D eigenvalue weighted by atomic mass is 9.65. The van der Waals surface area contributed by atoms with Gasteiger partial charge in [-0.25, -0.2) is 0 Å². The van der Waals surface area contributed by atoms with Gasteiger partial charge in [-0.2, -0.15) is 0 Å². The van der Waals surface area contributed by atoms with Gasteiger partial charge in [-0.05, 0) is 80.9 Å². The summed E-state index contributed by atoms with van der Waals surface area (Å²) < 4.78 is 1.14. The molecular weight excluding hydrogens is 531 g/mol. The minimum absolute atomic E-state index is 0.0765. The van der Waals surface area contributed by atoms with E-state index in [1.807, 2.05) is 6.07 Å². The maximum Gasteiger partial charge on any atom is 0.233 e. The molecule has 0 spiro atoms. The van der Waals surface area contributed by atoms with E-state index in [0.29, 0.717) is 0 Å². The second-order valence-corrected chi connectivity index (χ2v) is 10.7. The first-order valence-corrected chi connectivity index (χ1v) is 12.6. The molecule has 0 bridgehead atoms. The van der Waals surface area contributed by atoms with E-state index >= 15 is 0 Å². The van der Waals surface area contributed by atoms with Gasteiger partial charge in [0.2, 0.25) is 5.91 Å². The molecule has 4 heteroatoms. The van der Waals surface area contributed by atoms with E-state index in [-0.39, 0.29) is 11.8 Å². The fraction of sp³-hybridized carbons (Fsp3) is 0.167. The maximum absolute atomic E-state index is 13.6. The Morgan fingerprint density at radius 3 is 2.53 bits per heavy atom. The van der Waals surface area contributed by atoms with Crippen molar-refractivity contribution in [2.75, 3.05) is 24.3 Å². The number of anilines is 2. The number of amides is 1. The van der Waals surface area contributed by atoms with Gasteiger partial charge in [0, 0.05) is 39.8 Å². The molecule has 0 saturated heterocycles. The van der Waals surface area contributed by atoms with Crippen molar-refractivity contribution in [2.24, 2.45) is 0 Å². The van der Waals surface area contributed by atoms with Crippen molar-refractivity contribution in [3.05, 3.63) is 111 Å². The molecule has 168 valence electrons. The van der Waals surface area contributed by atoms with Gasteiger partial charge in [0.25, 0.3) is 0 Å². The SMILES string of the molecule is CN(C)c1ccc(CC2(C3C(=O)Nc4ccc(I)cc43)C=Cc3ccccc32)c2ccccc12. The third-order valence-electron chi connectivity index (χ3n) is 7.34. The number of hydrogen-bond donors (Lipinski definition) is 1. The Bertz CT molecular complexity index is 1490. The number of allylic oxidation sites excluding steroid dienone is 1. The molecule has 4 aromatic carbocycles. The summed E-state index contributed by atoms with van der Waals surface area (Å²) in [6.07, 6.45) is 5.23. The third-order valence-corrected chi connectivity index (χ3v) is 8.01. The summed E-state index contributed by atoms with van der Waals surface area (Å²) in [4.78, 5) is 15.7. The number of rotatable bonds is 4. The lowest BCUT2D eigenvalue weighted by molar-refractivity contribution is -0.118. The van der Waals surface area contributed by atoms with Gasteiger partial charge in [-0.1, -0.05) is 66.7 Å². The van der Waals surface area contributed by atoms with E-state index in [1.165, 1.54) is 33.2 Å². The van der Waals surface area contributed by atoms with Crippen LogP contribution < -0.4 is 10.2 Å². The Balaban J connectivity index is 1.58. The quantitative estimate of drug-likeness (QED) is 0.282. The molecule has 2 unspecified atom stereocenters. The minimum Gasteiger partial charge on any atom is -0.377 e. The highest BCUT2D eigenvalue weighted by Gasteiger charge is 2.50. The first-order valence-electron chi connectivity index (χ1n) is 11.5. The van der Waals surface area contributed by atoms with Crippen LogP contribution in [0.25, 0.3) is 16.8 Å². The summed E-state index contributed by atoms with van der Waals surface area (Å²) in [6, 6.07) is 27.9. The molecule has 1 aliphatic carbocycles. The molecule has 4 aromatic rings. The largest absolute Gasteiger partial charge is 0.377 e. The molecule has 0 aromatic heterocycles. The molecule has 0 saturated carbocycles. The van der Waals surface area contributed by atoms with Crippen LogP contribution in [0.15, 0.2) is 84.9 Å². The first kappa shape index (κ1) is 21.4. The maximum atomic E-state index is 13.6. The number of fused-ring (bicyclic) bond motifs is 3. The minimum atomic E-state index is -0.460. The number of carbonyl (C=O) groups is 1. The number of benzene rings is 4. The van der Waals surface area contributed by atoms with Crippen molar-refractivity contribution in [1.29, 1.82) is 0 Å². The topological polar surface area (TPSA) is 32.3 Å². The molecule has 2 atom stereocenters. The van der Waals surface area contributed by atoms with Crippen molar-refractivity contribution >= 4 is 56.7 Å². The van der Waals surface area contributed by atoms with E-state index in [9.17, 15) is 4.79 Å². The summed E-state index contributed by atoms with van der Waals surface area (Å²) in [5, 5.41) is 5.65. The predicted molar refractivity (Wildman–Crippen MR) is 150 cm³/mol. The zero-order chi connectivity index (χ0) is 23.4. The molecule has 34 heavy (non-hydrogen) atoms. The molecule has 0 radical (unpaired) electrons. The number of carbonyl (C=O) groups excluding carboxylic acids is 1. The molecule has 1 aliphatic heterocycles. The van der Waals surface area contributed by atoms with Crippen LogP contribution >= 0.6 is 22.6 Å². The highest BCUT2D eigenvalue weighted by atomic mass is 127. The molecule has 3 nitrogen and oxygen atoms in total. The molecule has 1 N–H and O–H groups in total. The van der Waals surface area contributed by atoms with E-state index in [2.05, 4.69) is 132 Å². The number of nitrogens with one attached hydrogen (secondary N) is 1. The molecular formula is C30H25IN2O. The van der Waals surface area contributed by atoms with E-state index in [0.717, 1.165) is 21.2 Å². The Morgan fingerprint density at radius 1 is 0.941 bits per heavy atom. The van der Waals surface area contributed by atoms with Crippen LogP contribution in [-0.2, 0) is 16.6 Å². The van der Waals surface area contributed by atoms with Gasteiger partial charge >= 0.3 is 0 Å². The molecule has 0 fully saturated rings. The fourth-order valence-electron chi connectivity index (χ4n) is 5.85. The summed E-state index contributed by atoms with van der Waals surface area (Å²) >= 11 is 2.34. The van der Waals surface area contributed by atoms with Gasteiger partial charge in [0.05, 0.1) is 5.92 Å². The normalized spacial score (nSPS) is 20.3. The van der Waals surface area contributed by atoms with Gasteiger partial charge in [0.15, 0.2) is 0 Å². The van der Waals surface area contributed by atoms with E-state index < -0.39 is 5.41 Å². The van der Waals surface area contributed by atoms with Gasteiger partial charge in [-0.3, -0.25) is 4.79 Å². The Kier molecular flexibility index (Phi) is 5.03. The fourth-order valence-corrected chi connectivity index (χ4v) is 6.37. The van der Waals surface area contributed by atoms with Crippen molar-refractivity contribution in [3.8, 4) is 0 Å². The van der Waals surface area contributed by atoms with Crippen LogP contribution in [0.5, 0.6) is 0 Å². The van der Waals surface area contributed by atoms with Gasteiger partial charge in [0.1, 0.15) is 0 Å². The number of hydrogen-bond acceptors (Lipinski definition) is 2. The van der Waals surface area contributed by atoms with Crippen molar-refractivity contribution in [1.82, 2.24) is 0 Å². The Hall–Kier alpha value is -3.12. The van der Waals surface area contributed by atoms with Crippen LogP contribution in [0.1, 0.15) is 28.2 Å². The van der Waals surface area contributed by atoms with Crippen LogP contribution in [0, 0.1) is 3.57 Å². The highest BCUT2D eigenvalue weighted by Crippen LogP contribution is 2.53. The van der Waals surface area contributed by atoms with Crippen LogP contribution in [-0.4, -0.2) is 20.0 Å². The van der Waals surface area contributed by atoms with Gasteiger partial charge < -0.3 is 10.2 Å². The number of halogens is 1. The van der Waals surface area contributed by atoms with Crippen molar-refractivity contribution in [3.63, 3.8) is 0 Å². The average Bonchev–Trinajstić information content (AvgIpc) is 3.36. The standard InChI is InChI=1S/C30H25IN2O/c1-33(2)27-14-11-20(22-8-4-5-9-23(22)27)18-30(16-15-19-7-3-6-10-25(19)30)28-24-17-21(31)12-13-26(24)32-29(28)34/h3-17,28H,18H2,1-2H3,(H,32,34). The highest BCUT2D eigenvalue weighted by molar-refractivity contribution is 14.1. The molecule has 1 heterocycles. The van der Waals surface area contributed by atoms with E-state index in [4.69, 9.17) is 0 Å². The van der Waals surface area contributed by atoms with Gasteiger partial charge in [-0.15, -0.1) is 0 Å². The average molecular weight is 556 g/mol. The second kappa shape index (κ2) is 7.98. The smallest absolute Gasteiger partial charge is 0.233 e. The van der Waals surface area contributed by atoms with Crippen LogP contribution in [0.3, 0.4) is 0 Å². The van der Waals surface area contributed by atoms with Crippen LogP contribution in [0.4, 0.5) is 11.4 Å². The third kappa shape index (κ3) is 3.19. The van der Waals surface area contributed by atoms with E-state index in [1.54, 1.807) is 0 Å². The summed E-state index contributed by atoms with van der Waals surface area (Å²) in [5.74, 6) is -0.211. The second-order valence-electron chi connectivity index (χ2n) is 9.48. The number of nitrogens with zero attached hydrogens (tertiary/aromatic N) is 1. The van der Waals surface area contributed by atoms with Crippen LogP contribution in [0.2, 0.25) is 0 Å². The zero-order valence-electron chi connectivity index (χ0n) is 19.2. The van der Waals surface area contributed by atoms with Crippen molar-refractivity contribution in [2.45, 2.75) is 17.8 Å². The predicted octanol–water partition coefficient (Wildman–Crippen LogP) is 6.75. The first-order chi connectivity index (χ1) is 16.5. The zero-order valence-corrected chi connectivity index (χ0v) is 21.3. The molecule has 6 rings (SSSR count). The summed E-state index contributed by atoms with van der Waals surface area (Å²) in [7, 11) is 4.17. The summed E-state index contributed by atoms with van der Waals surface area (Å²) in [6.45, 7) is 0. The Labute approximate surface area is 213 Å². The van der Waals surface area contributed by atoms with Crippen molar-refractivity contribution < 1.29 is 4.79 Å². The monoisotopic (exact) mass is 556 g/mol. The Morgan fingerprint density at radius 2 is 1.71 bits per heavy atom.